The molecule has 1 aromatic carbocycles. The van der Waals surface area contributed by atoms with Gasteiger partial charge in [-0.05, 0) is 18.1 Å². The number of aromatic amines is 1. The lowest BCUT2D eigenvalue weighted by molar-refractivity contribution is -0.120. The molecule has 19 heavy (non-hydrogen) atoms. The number of H-pyrrole nitrogens is 1. The highest BCUT2D eigenvalue weighted by Crippen LogP contribution is 2.36. The molecule has 1 aliphatic rings. The number of imidazole rings is 1. The van der Waals surface area contributed by atoms with Crippen LogP contribution in [0.15, 0.2) is 41.6 Å². The van der Waals surface area contributed by atoms with Crippen molar-refractivity contribution < 1.29 is 4.79 Å². The van der Waals surface area contributed by atoms with Crippen molar-refractivity contribution in [3.8, 4) is 0 Å². The van der Waals surface area contributed by atoms with Gasteiger partial charge in [0.1, 0.15) is 5.82 Å². The van der Waals surface area contributed by atoms with Crippen molar-refractivity contribution in [2.24, 2.45) is 0 Å². The second-order valence-electron chi connectivity index (χ2n) is 4.50. The summed E-state index contributed by atoms with van der Waals surface area (Å²) in [5.74, 6) is 1.02. The number of thioether (sulfide) groups is 1. The van der Waals surface area contributed by atoms with Crippen LogP contribution in [0.25, 0.3) is 0 Å². The molecule has 1 unspecified atom stereocenters. The molecule has 0 bridgehead atoms. The summed E-state index contributed by atoms with van der Waals surface area (Å²) in [7, 11) is 0. The van der Waals surface area contributed by atoms with Crippen LogP contribution in [0.1, 0.15) is 11.4 Å². The summed E-state index contributed by atoms with van der Waals surface area (Å²) in [6, 6.07) is 8.22. The zero-order valence-corrected chi connectivity index (χ0v) is 11.2. The average Bonchev–Trinajstić information content (AvgIpc) is 3.07. The van der Waals surface area contributed by atoms with Crippen LogP contribution in [-0.2, 0) is 17.6 Å². The van der Waals surface area contributed by atoms with Crippen molar-refractivity contribution >= 4 is 17.7 Å². The summed E-state index contributed by atoms with van der Waals surface area (Å²) >= 11 is 1.66. The molecule has 3 rings (SSSR count). The zero-order valence-electron chi connectivity index (χ0n) is 10.4. The molecule has 0 saturated carbocycles. The van der Waals surface area contributed by atoms with E-state index in [9.17, 15) is 4.79 Å². The molecule has 0 saturated heterocycles. The topological polar surface area (TPSA) is 57.8 Å². The molecule has 1 aliphatic heterocycles. The second-order valence-corrected chi connectivity index (χ2v) is 5.74. The van der Waals surface area contributed by atoms with E-state index < -0.39 is 0 Å². The lowest BCUT2D eigenvalue weighted by atomic mass is 10.1. The van der Waals surface area contributed by atoms with Crippen LogP contribution < -0.4 is 5.32 Å². The maximum Gasteiger partial charge on any atom is 0.233 e. The quantitative estimate of drug-likeness (QED) is 0.893. The molecule has 1 aromatic heterocycles. The van der Waals surface area contributed by atoms with Gasteiger partial charge in [0.2, 0.25) is 5.91 Å². The normalized spacial score (nSPS) is 17.2. The highest BCUT2D eigenvalue weighted by atomic mass is 32.2. The summed E-state index contributed by atoms with van der Waals surface area (Å²) in [5.41, 5.74) is 1.28. The predicted octanol–water partition coefficient (Wildman–Crippen LogP) is 1.79. The minimum atomic E-state index is 0.00833. The molecule has 98 valence electrons. The smallest absolute Gasteiger partial charge is 0.233 e. The van der Waals surface area contributed by atoms with Crippen molar-refractivity contribution in [2.45, 2.75) is 23.0 Å². The van der Waals surface area contributed by atoms with Crippen LogP contribution in [-0.4, -0.2) is 27.7 Å². The van der Waals surface area contributed by atoms with Crippen LogP contribution in [0.3, 0.4) is 0 Å². The van der Waals surface area contributed by atoms with Crippen LogP contribution in [0.4, 0.5) is 0 Å². The number of benzene rings is 1. The van der Waals surface area contributed by atoms with Gasteiger partial charge in [-0.2, -0.15) is 0 Å². The van der Waals surface area contributed by atoms with Gasteiger partial charge >= 0.3 is 0 Å². The minimum Gasteiger partial charge on any atom is -0.355 e. The molecule has 2 N–H and O–H groups in total. The van der Waals surface area contributed by atoms with Crippen molar-refractivity contribution in [2.75, 3.05) is 6.54 Å². The molecule has 2 aromatic rings. The lowest BCUT2D eigenvalue weighted by Gasteiger charge is -2.09. The molecule has 0 spiro atoms. The fraction of sp³-hybridized carbons (Fsp3) is 0.286. The number of aromatic nitrogens is 2. The molecule has 4 nitrogen and oxygen atoms in total. The summed E-state index contributed by atoms with van der Waals surface area (Å²) < 4.78 is 0. The van der Waals surface area contributed by atoms with E-state index in [-0.39, 0.29) is 11.2 Å². The largest absolute Gasteiger partial charge is 0.355 e. The number of hydrogen-bond donors (Lipinski definition) is 2. The molecule has 2 heterocycles. The average molecular weight is 273 g/mol. The Morgan fingerprint density at radius 1 is 1.47 bits per heavy atom. The van der Waals surface area contributed by atoms with Gasteiger partial charge in [-0.25, -0.2) is 4.98 Å². The number of nitrogens with one attached hydrogen (secondary N) is 2. The van der Waals surface area contributed by atoms with E-state index in [0.29, 0.717) is 6.54 Å². The van der Waals surface area contributed by atoms with E-state index in [4.69, 9.17) is 0 Å². The van der Waals surface area contributed by atoms with Gasteiger partial charge in [-0.15, -0.1) is 11.8 Å². The van der Waals surface area contributed by atoms with Gasteiger partial charge in [0.05, 0.1) is 5.25 Å². The fourth-order valence-electron chi connectivity index (χ4n) is 2.18. The molecule has 0 aliphatic carbocycles. The van der Waals surface area contributed by atoms with Gasteiger partial charge in [0, 0.05) is 30.3 Å². The van der Waals surface area contributed by atoms with Crippen LogP contribution in [0.2, 0.25) is 0 Å². The van der Waals surface area contributed by atoms with Crippen molar-refractivity contribution in [1.82, 2.24) is 15.3 Å². The van der Waals surface area contributed by atoms with E-state index in [2.05, 4.69) is 27.4 Å². The van der Waals surface area contributed by atoms with E-state index >= 15 is 0 Å². The Hall–Kier alpha value is -1.75. The van der Waals surface area contributed by atoms with Crippen molar-refractivity contribution in [1.29, 1.82) is 0 Å². The van der Waals surface area contributed by atoms with E-state index in [1.165, 1.54) is 10.5 Å². The van der Waals surface area contributed by atoms with E-state index in [0.717, 1.165) is 18.7 Å². The number of carbonyl (C=O) groups is 1. The standard InChI is InChI=1S/C14H15N3OS/c18-14(17-6-5-13-15-7-8-16-13)12-9-10-3-1-2-4-11(10)19-12/h1-4,7-8,12H,5-6,9H2,(H,15,16)(H,17,18). The summed E-state index contributed by atoms with van der Waals surface area (Å²) in [4.78, 5) is 20.5. The Morgan fingerprint density at radius 2 is 2.37 bits per heavy atom. The molecular weight excluding hydrogens is 258 g/mol. The van der Waals surface area contributed by atoms with Gasteiger partial charge in [0.25, 0.3) is 0 Å². The fourth-order valence-corrected chi connectivity index (χ4v) is 3.40. The first-order valence-electron chi connectivity index (χ1n) is 6.33. The SMILES string of the molecule is O=C(NCCc1ncc[nH]1)C1Cc2ccccc2S1. The molecule has 0 radical (unpaired) electrons. The summed E-state index contributed by atoms with van der Waals surface area (Å²) in [6.07, 6.45) is 5.08. The number of nitrogens with zero attached hydrogens (tertiary/aromatic N) is 1. The molecule has 5 heteroatoms. The molecular formula is C14H15N3OS. The van der Waals surface area contributed by atoms with Crippen molar-refractivity contribution in [3.05, 3.63) is 48.0 Å². The highest BCUT2D eigenvalue weighted by molar-refractivity contribution is 8.01. The Balaban J connectivity index is 1.50. The minimum absolute atomic E-state index is 0.00833. The van der Waals surface area contributed by atoms with Gasteiger partial charge in [-0.3, -0.25) is 4.79 Å². The van der Waals surface area contributed by atoms with Crippen LogP contribution >= 0.6 is 11.8 Å². The van der Waals surface area contributed by atoms with Crippen LogP contribution in [0.5, 0.6) is 0 Å². The Bertz CT molecular complexity index is 543. The summed E-state index contributed by atoms with van der Waals surface area (Å²) in [6.45, 7) is 0.625. The van der Waals surface area contributed by atoms with Gasteiger partial charge in [0.15, 0.2) is 0 Å². The lowest BCUT2D eigenvalue weighted by Crippen LogP contribution is -2.33. The zero-order chi connectivity index (χ0) is 13.1. The predicted molar refractivity (Wildman–Crippen MR) is 75.1 cm³/mol. The second kappa shape index (κ2) is 5.48. The highest BCUT2D eigenvalue weighted by Gasteiger charge is 2.27. The Labute approximate surface area is 116 Å². The number of hydrogen-bond acceptors (Lipinski definition) is 3. The molecule has 1 atom stereocenters. The first-order chi connectivity index (χ1) is 9.33. The number of rotatable bonds is 4. The first kappa shape index (κ1) is 12.3. The monoisotopic (exact) mass is 273 g/mol. The first-order valence-corrected chi connectivity index (χ1v) is 7.21. The maximum absolute atomic E-state index is 12.1. The third-order valence-corrected chi connectivity index (χ3v) is 4.47. The number of fused-ring (bicyclic) bond motifs is 1. The summed E-state index contributed by atoms with van der Waals surface area (Å²) in [5, 5.41) is 2.99. The number of carbonyl (C=O) groups excluding carboxylic acids is 1. The van der Waals surface area contributed by atoms with E-state index in [1.54, 1.807) is 24.2 Å². The molecule has 1 amide bonds. The third kappa shape index (κ3) is 2.81. The van der Waals surface area contributed by atoms with Crippen LogP contribution in [0, 0.1) is 0 Å². The maximum atomic E-state index is 12.1. The molecule has 0 fully saturated rings. The third-order valence-electron chi connectivity index (χ3n) is 3.16. The Morgan fingerprint density at radius 3 is 3.16 bits per heavy atom. The van der Waals surface area contributed by atoms with Gasteiger partial charge in [-0.1, -0.05) is 18.2 Å². The van der Waals surface area contributed by atoms with Crippen molar-refractivity contribution in [3.63, 3.8) is 0 Å². The number of amides is 1. The Kier molecular flexibility index (Phi) is 3.55. The van der Waals surface area contributed by atoms with E-state index in [1.807, 2.05) is 12.1 Å². The van der Waals surface area contributed by atoms with Gasteiger partial charge < -0.3 is 10.3 Å².